The van der Waals surface area contributed by atoms with E-state index in [0.29, 0.717) is 17.0 Å². The van der Waals surface area contributed by atoms with E-state index in [1.165, 1.54) is 0 Å². The van der Waals surface area contributed by atoms with Gasteiger partial charge in [0.05, 0.1) is 0 Å². The van der Waals surface area contributed by atoms with Gasteiger partial charge in [-0.25, -0.2) is 4.79 Å². The minimum Gasteiger partial charge on any atom is -0.443 e. The van der Waals surface area contributed by atoms with Crippen LogP contribution in [0.25, 0.3) is 0 Å². The third-order valence-corrected chi connectivity index (χ3v) is 2.59. The molecule has 0 bridgehead atoms. The van der Waals surface area contributed by atoms with E-state index in [4.69, 9.17) is 22.1 Å². The molecule has 5 heteroatoms. The van der Waals surface area contributed by atoms with Crippen LogP contribution in [0, 0.1) is 0 Å². The second-order valence-corrected chi connectivity index (χ2v) is 3.76. The zero-order chi connectivity index (χ0) is 12.1. The van der Waals surface area contributed by atoms with Crippen LogP contribution in [-0.2, 0) is 4.74 Å². The lowest BCUT2D eigenvalue weighted by atomic mass is 10.0. The van der Waals surface area contributed by atoms with E-state index < -0.39 is 18.3 Å². The highest BCUT2D eigenvalue weighted by atomic mass is 35.5. The molecule has 0 unspecified atom stereocenters. The van der Waals surface area contributed by atoms with Gasteiger partial charge in [0.15, 0.2) is 0 Å². The lowest BCUT2D eigenvalue weighted by molar-refractivity contribution is 0.00341. The maximum atomic E-state index is 10.6. The van der Waals surface area contributed by atoms with Gasteiger partial charge in [-0.1, -0.05) is 36.7 Å². The van der Waals surface area contributed by atoms with Crippen molar-refractivity contribution in [1.82, 2.24) is 0 Å². The van der Waals surface area contributed by atoms with Gasteiger partial charge in [0, 0.05) is 10.6 Å². The molecule has 1 aromatic rings. The van der Waals surface area contributed by atoms with Crippen LogP contribution in [0.1, 0.15) is 25.0 Å². The fourth-order valence-corrected chi connectivity index (χ4v) is 1.68. The Morgan fingerprint density at radius 2 is 2.19 bits per heavy atom. The SMILES string of the molecule is CC[C@H](OC(N)=O)[C@@H](O)c1ccccc1Cl. The van der Waals surface area contributed by atoms with Crippen LogP contribution < -0.4 is 5.73 Å². The van der Waals surface area contributed by atoms with E-state index >= 15 is 0 Å². The summed E-state index contributed by atoms with van der Waals surface area (Å²) in [6, 6.07) is 6.85. The Kier molecular flexibility index (Phi) is 4.58. The van der Waals surface area contributed by atoms with Gasteiger partial charge in [-0.3, -0.25) is 0 Å². The molecule has 1 amide bonds. The van der Waals surface area contributed by atoms with Crippen LogP contribution in [0.15, 0.2) is 24.3 Å². The van der Waals surface area contributed by atoms with Crippen molar-refractivity contribution in [3.05, 3.63) is 34.9 Å². The van der Waals surface area contributed by atoms with Gasteiger partial charge in [0.2, 0.25) is 0 Å². The largest absolute Gasteiger partial charge is 0.443 e. The molecule has 0 saturated heterocycles. The predicted octanol–water partition coefficient (Wildman–Crippen LogP) is 2.25. The molecule has 0 radical (unpaired) electrons. The van der Waals surface area contributed by atoms with Gasteiger partial charge < -0.3 is 15.6 Å². The molecule has 1 rings (SSSR count). The van der Waals surface area contributed by atoms with Crippen molar-refractivity contribution in [2.24, 2.45) is 5.73 Å². The molecule has 0 aromatic heterocycles. The molecule has 0 spiro atoms. The molecule has 16 heavy (non-hydrogen) atoms. The molecule has 0 heterocycles. The number of aliphatic hydroxyl groups excluding tert-OH is 1. The van der Waals surface area contributed by atoms with Crippen molar-refractivity contribution in [3.63, 3.8) is 0 Å². The molecule has 3 N–H and O–H groups in total. The van der Waals surface area contributed by atoms with E-state index in [0.717, 1.165) is 0 Å². The van der Waals surface area contributed by atoms with Gasteiger partial charge in [0.1, 0.15) is 12.2 Å². The van der Waals surface area contributed by atoms with Crippen molar-refractivity contribution in [1.29, 1.82) is 0 Å². The number of hydrogen-bond acceptors (Lipinski definition) is 3. The lowest BCUT2D eigenvalue weighted by Gasteiger charge is -2.21. The summed E-state index contributed by atoms with van der Waals surface area (Å²) < 4.78 is 4.80. The Hall–Kier alpha value is -1.26. The molecule has 0 aliphatic carbocycles. The van der Waals surface area contributed by atoms with E-state index in [-0.39, 0.29) is 0 Å². The number of ether oxygens (including phenoxy) is 1. The molecule has 0 aliphatic heterocycles. The van der Waals surface area contributed by atoms with Crippen LogP contribution in [0.3, 0.4) is 0 Å². The Labute approximate surface area is 99.0 Å². The number of nitrogens with two attached hydrogens (primary N) is 1. The van der Waals surface area contributed by atoms with Gasteiger partial charge >= 0.3 is 6.09 Å². The van der Waals surface area contributed by atoms with Gasteiger partial charge in [-0.05, 0) is 12.5 Å². The number of rotatable bonds is 4. The van der Waals surface area contributed by atoms with Crippen LogP contribution in [0.5, 0.6) is 0 Å². The molecule has 1 aromatic carbocycles. The first-order chi connectivity index (χ1) is 7.56. The molecule has 0 fully saturated rings. The van der Waals surface area contributed by atoms with E-state index in [9.17, 15) is 9.90 Å². The van der Waals surface area contributed by atoms with E-state index in [2.05, 4.69) is 0 Å². The molecular weight excluding hydrogens is 230 g/mol. The number of halogens is 1. The van der Waals surface area contributed by atoms with Crippen LogP contribution in [0.2, 0.25) is 5.02 Å². The maximum absolute atomic E-state index is 10.6. The summed E-state index contributed by atoms with van der Waals surface area (Å²) in [6.45, 7) is 1.79. The van der Waals surface area contributed by atoms with Crippen molar-refractivity contribution in [3.8, 4) is 0 Å². The fourth-order valence-electron chi connectivity index (χ4n) is 1.44. The summed E-state index contributed by atoms with van der Waals surface area (Å²) in [5.74, 6) is 0. The minimum atomic E-state index is -0.966. The minimum absolute atomic E-state index is 0.432. The Morgan fingerprint density at radius 3 is 2.69 bits per heavy atom. The fraction of sp³-hybridized carbons (Fsp3) is 0.364. The van der Waals surface area contributed by atoms with Crippen molar-refractivity contribution >= 4 is 17.7 Å². The van der Waals surface area contributed by atoms with Gasteiger partial charge in [-0.15, -0.1) is 0 Å². The van der Waals surface area contributed by atoms with Crippen LogP contribution in [0.4, 0.5) is 4.79 Å². The second-order valence-electron chi connectivity index (χ2n) is 3.35. The quantitative estimate of drug-likeness (QED) is 0.852. The number of hydrogen-bond donors (Lipinski definition) is 2. The van der Waals surface area contributed by atoms with Crippen molar-refractivity contribution < 1.29 is 14.6 Å². The number of aliphatic hydroxyl groups is 1. The van der Waals surface area contributed by atoms with Crippen LogP contribution in [-0.4, -0.2) is 17.3 Å². The van der Waals surface area contributed by atoms with Crippen LogP contribution >= 0.6 is 11.6 Å². The van der Waals surface area contributed by atoms with Crippen molar-refractivity contribution in [2.75, 3.05) is 0 Å². The first kappa shape index (κ1) is 12.8. The smallest absolute Gasteiger partial charge is 0.404 e. The predicted molar refractivity (Wildman–Crippen MR) is 61.2 cm³/mol. The molecule has 4 nitrogen and oxygen atoms in total. The molecule has 2 atom stereocenters. The standard InChI is InChI=1S/C11H14ClNO3/c1-2-9(16-11(13)15)10(14)7-5-3-4-6-8(7)12/h3-6,9-10,14H,2H2,1H3,(H2,13,15)/t9-,10-/m0/s1. The number of carbonyl (C=O) groups is 1. The summed E-state index contributed by atoms with van der Waals surface area (Å²) in [6.07, 6.45) is -2.10. The highest BCUT2D eigenvalue weighted by Crippen LogP contribution is 2.27. The summed E-state index contributed by atoms with van der Waals surface area (Å²) >= 11 is 5.92. The third kappa shape index (κ3) is 3.12. The number of amides is 1. The highest BCUT2D eigenvalue weighted by Gasteiger charge is 2.23. The summed E-state index contributed by atoms with van der Waals surface area (Å²) in [7, 11) is 0. The Balaban J connectivity index is 2.86. The third-order valence-electron chi connectivity index (χ3n) is 2.25. The normalized spacial score (nSPS) is 14.2. The Morgan fingerprint density at radius 1 is 1.56 bits per heavy atom. The Bertz CT molecular complexity index is 370. The monoisotopic (exact) mass is 243 g/mol. The highest BCUT2D eigenvalue weighted by molar-refractivity contribution is 6.31. The van der Waals surface area contributed by atoms with Gasteiger partial charge in [-0.2, -0.15) is 0 Å². The first-order valence-electron chi connectivity index (χ1n) is 4.94. The average molecular weight is 244 g/mol. The zero-order valence-electron chi connectivity index (χ0n) is 8.89. The van der Waals surface area contributed by atoms with Crippen molar-refractivity contribution in [2.45, 2.75) is 25.6 Å². The molecular formula is C11H14ClNO3. The topological polar surface area (TPSA) is 72.5 Å². The summed E-state index contributed by atoms with van der Waals surface area (Å²) in [4.78, 5) is 10.6. The number of benzene rings is 1. The zero-order valence-corrected chi connectivity index (χ0v) is 9.65. The van der Waals surface area contributed by atoms with Gasteiger partial charge in [0.25, 0.3) is 0 Å². The van der Waals surface area contributed by atoms with E-state index in [1.807, 2.05) is 0 Å². The molecule has 88 valence electrons. The summed E-state index contributed by atoms with van der Waals surface area (Å²) in [5, 5.41) is 10.4. The number of primary amides is 1. The number of carbonyl (C=O) groups excluding carboxylic acids is 1. The summed E-state index contributed by atoms with van der Waals surface area (Å²) in [5.41, 5.74) is 5.44. The average Bonchev–Trinajstić information content (AvgIpc) is 2.25. The second kappa shape index (κ2) is 5.72. The lowest BCUT2D eigenvalue weighted by Crippen LogP contribution is -2.28. The maximum Gasteiger partial charge on any atom is 0.404 e. The van der Waals surface area contributed by atoms with E-state index in [1.54, 1.807) is 31.2 Å². The first-order valence-corrected chi connectivity index (χ1v) is 5.32. The molecule has 0 saturated carbocycles. The molecule has 0 aliphatic rings.